The van der Waals surface area contributed by atoms with Crippen LogP contribution >= 0.6 is 24.0 Å². The first-order valence-electron chi connectivity index (χ1n) is 11.5. The van der Waals surface area contributed by atoms with Crippen molar-refractivity contribution in [1.82, 2.24) is 5.32 Å². The summed E-state index contributed by atoms with van der Waals surface area (Å²) in [4.78, 5) is 27.5. The first-order chi connectivity index (χ1) is 17.5. The number of rotatable bonds is 9. The summed E-state index contributed by atoms with van der Waals surface area (Å²) >= 11 is 6.76. The number of carbonyl (C=O) groups is 2. The number of amides is 2. The van der Waals surface area contributed by atoms with Crippen LogP contribution in [-0.4, -0.2) is 29.3 Å². The predicted octanol–water partition coefficient (Wildman–Crippen LogP) is 5.49. The first kappa shape index (κ1) is 25.5. The zero-order valence-corrected chi connectivity index (χ0v) is 21.7. The fourth-order valence-electron chi connectivity index (χ4n) is 3.63. The normalized spacial score (nSPS) is 14.3. The molecule has 3 aromatic rings. The number of hydrogen-bond acceptors (Lipinski definition) is 6. The lowest BCUT2D eigenvalue weighted by molar-refractivity contribution is -0.123. The van der Waals surface area contributed by atoms with Crippen LogP contribution in [0.2, 0.25) is 0 Å². The second-order valence-corrected chi connectivity index (χ2v) is 9.67. The summed E-state index contributed by atoms with van der Waals surface area (Å²) in [5.41, 5.74) is 3.54. The molecule has 1 aliphatic rings. The maximum Gasteiger partial charge on any atom is 0.270 e. The summed E-state index contributed by atoms with van der Waals surface area (Å²) in [5.74, 6) is 0.561. The van der Waals surface area contributed by atoms with Crippen LogP contribution in [0.15, 0.2) is 77.7 Å². The van der Waals surface area contributed by atoms with E-state index in [0.29, 0.717) is 33.9 Å². The minimum atomic E-state index is -0.231. The molecule has 36 heavy (non-hydrogen) atoms. The maximum atomic E-state index is 13.1. The number of carbonyl (C=O) groups excluding carboxylic acids is 2. The highest BCUT2D eigenvalue weighted by molar-refractivity contribution is 8.27. The maximum absolute atomic E-state index is 13.1. The SMILES string of the molecule is CCOc1cc(/C=C2\SC(=S)N(c3ccccc3C)C2=O)ccc1OCC(=O)NCc1ccccc1. The largest absolute Gasteiger partial charge is 0.490 e. The number of anilines is 1. The van der Waals surface area contributed by atoms with Gasteiger partial charge in [-0.15, -0.1) is 0 Å². The van der Waals surface area contributed by atoms with Gasteiger partial charge in [0, 0.05) is 6.54 Å². The van der Waals surface area contributed by atoms with E-state index in [1.165, 1.54) is 11.8 Å². The molecule has 4 rings (SSSR count). The summed E-state index contributed by atoms with van der Waals surface area (Å²) in [6.07, 6.45) is 1.79. The third-order valence-electron chi connectivity index (χ3n) is 5.41. The minimum absolute atomic E-state index is 0.138. The number of benzene rings is 3. The van der Waals surface area contributed by atoms with Crippen molar-refractivity contribution in [3.8, 4) is 11.5 Å². The molecule has 0 saturated carbocycles. The Balaban J connectivity index is 1.45. The van der Waals surface area contributed by atoms with Crippen LogP contribution in [0.25, 0.3) is 6.08 Å². The van der Waals surface area contributed by atoms with E-state index in [0.717, 1.165) is 22.4 Å². The standard InChI is InChI=1S/C28H26N2O4S2/c1-3-33-24-15-21(13-14-23(24)34-18-26(31)29-17-20-10-5-4-6-11-20)16-25-27(32)30(28(35)36-25)22-12-8-7-9-19(22)2/h4-16H,3,17-18H2,1-2H3,(H,29,31)/b25-16-. The van der Waals surface area contributed by atoms with Gasteiger partial charge in [-0.25, -0.2) is 0 Å². The molecule has 1 fully saturated rings. The second kappa shape index (κ2) is 11.9. The number of aryl methyl sites for hydroxylation is 1. The Morgan fingerprint density at radius 2 is 1.78 bits per heavy atom. The first-order valence-corrected chi connectivity index (χ1v) is 12.7. The molecule has 0 spiro atoms. The topological polar surface area (TPSA) is 67.9 Å². The van der Waals surface area contributed by atoms with Crippen molar-refractivity contribution in [2.75, 3.05) is 18.1 Å². The lowest BCUT2D eigenvalue weighted by atomic mass is 10.1. The summed E-state index contributed by atoms with van der Waals surface area (Å²) in [7, 11) is 0. The van der Waals surface area contributed by atoms with Crippen LogP contribution in [0.1, 0.15) is 23.6 Å². The van der Waals surface area contributed by atoms with Gasteiger partial charge in [0.25, 0.3) is 11.8 Å². The number of nitrogens with zero attached hydrogens (tertiary/aromatic N) is 1. The number of hydrogen-bond donors (Lipinski definition) is 1. The molecule has 1 N–H and O–H groups in total. The van der Waals surface area contributed by atoms with E-state index in [9.17, 15) is 9.59 Å². The molecule has 0 atom stereocenters. The van der Waals surface area contributed by atoms with Crippen LogP contribution in [-0.2, 0) is 16.1 Å². The molecule has 184 valence electrons. The van der Waals surface area contributed by atoms with Gasteiger partial charge >= 0.3 is 0 Å². The van der Waals surface area contributed by atoms with E-state index in [4.69, 9.17) is 21.7 Å². The van der Waals surface area contributed by atoms with Gasteiger partial charge in [-0.2, -0.15) is 0 Å². The molecule has 2 amide bonds. The molecular weight excluding hydrogens is 492 g/mol. The van der Waals surface area contributed by atoms with Crippen molar-refractivity contribution in [2.45, 2.75) is 20.4 Å². The molecule has 1 saturated heterocycles. The van der Waals surface area contributed by atoms with Gasteiger partial charge in [0.2, 0.25) is 0 Å². The van der Waals surface area contributed by atoms with Crippen LogP contribution in [0.4, 0.5) is 5.69 Å². The Kier molecular flexibility index (Phi) is 8.40. The Hall–Kier alpha value is -3.62. The smallest absolute Gasteiger partial charge is 0.270 e. The fourth-order valence-corrected chi connectivity index (χ4v) is 4.92. The van der Waals surface area contributed by atoms with Gasteiger partial charge in [-0.1, -0.05) is 78.6 Å². The average molecular weight is 519 g/mol. The molecule has 1 heterocycles. The molecule has 0 unspecified atom stereocenters. The Labute approximate surface area is 220 Å². The third-order valence-corrected chi connectivity index (χ3v) is 6.71. The van der Waals surface area contributed by atoms with Crippen LogP contribution in [0.3, 0.4) is 0 Å². The number of ether oxygens (including phenoxy) is 2. The minimum Gasteiger partial charge on any atom is -0.490 e. The van der Waals surface area contributed by atoms with Crippen LogP contribution in [0.5, 0.6) is 11.5 Å². The molecule has 3 aromatic carbocycles. The van der Waals surface area contributed by atoms with Crippen molar-refractivity contribution in [3.63, 3.8) is 0 Å². The van der Waals surface area contributed by atoms with Gasteiger partial charge in [-0.3, -0.25) is 14.5 Å². The van der Waals surface area contributed by atoms with E-state index in [1.807, 2.05) is 74.5 Å². The highest BCUT2D eigenvalue weighted by atomic mass is 32.2. The van der Waals surface area contributed by atoms with E-state index in [1.54, 1.807) is 23.1 Å². The highest BCUT2D eigenvalue weighted by Gasteiger charge is 2.34. The molecule has 0 aromatic heterocycles. The Bertz CT molecular complexity index is 1310. The molecule has 6 nitrogen and oxygen atoms in total. The second-order valence-electron chi connectivity index (χ2n) is 7.99. The number of nitrogens with one attached hydrogen (secondary N) is 1. The number of thiocarbonyl (C=S) groups is 1. The van der Waals surface area contributed by atoms with E-state index in [-0.39, 0.29) is 18.4 Å². The summed E-state index contributed by atoms with van der Waals surface area (Å²) < 4.78 is 12.0. The third kappa shape index (κ3) is 6.13. The van der Waals surface area contributed by atoms with Crippen LogP contribution in [0, 0.1) is 6.92 Å². The van der Waals surface area contributed by atoms with Crippen molar-refractivity contribution < 1.29 is 19.1 Å². The van der Waals surface area contributed by atoms with Gasteiger partial charge in [-0.05, 0) is 54.8 Å². The van der Waals surface area contributed by atoms with Gasteiger partial charge < -0.3 is 14.8 Å². The molecule has 0 radical (unpaired) electrons. The molecular formula is C28H26N2O4S2. The quantitative estimate of drug-likeness (QED) is 0.298. The zero-order valence-electron chi connectivity index (χ0n) is 20.0. The van der Waals surface area contributed by atoms with Crippen molar-refractivity contribution in [2.24, 2.45) is 0 Å². The van der Waals surface area contributed by atoms with E-state index in [2.05, 4.69) is 5.32 Å². The lowest BCUT2D eigenvalue weighted by Crippen LogP contribution is -2.28. The summed E-state index contributed by atoms with van der Waals surface area (Å²) in [6.45, 7) is 4.54. The fraction of sp³-hybridized carbons (Fsp3) is 0.179. The molecule has 8 heteroatoms. The Morgan fingerprint density at radius 1 is 1.03 bits per heavy atom. The van der Waals surface area contributed by atoms with Gasteiger partial charge in [0.15, 0.2) is 22.4 Å². The van der Waals surface area contributed by atoms with Crippen molar-refractivity contribution in [1.29, 1.82) is 0 Å². The molecule has 0 bridgehead atoms. The van der Waals surface area contributed by atoms with Crippen molar-refractivity contribution >= 4 is 51.9 Å². The number of para-hydroxylation sites is 1. The van der Waals surface area contributed by atoms with Crippen molar-refractivity contribution in [3.05, 3.63) is 94.4 Å². The predicted molar refractivity (Wildman–Crippen MR) is 148 cm³/mol. The van der Waals surface area contributed by atoms with E-state index >= 15 is 0 Å². The summed E-state index contributed by atoms with van der Waals surface area (Å²) in [5, 5.41) is 2.84. The lowest BCUT2D eigenvalue weighted by Gasteiger charge is -2.16. The highest BCUT2D eigenvalue weighted by Crippen LogP contribution is 2.38. The average Bonchev–Trinajstić information content (AvgIpc) is 3.15. The van der Waals surface area contributed by atoms with E-state index < -0.39 is 0 Å². The van der Waals surface area contributed by atoms with Gasteiger partial charge in [0.05, 0.1) is 17.2 Å². The zero-order chi connectivity index (χ0) is 25.5. The Morgan fingerprint density at radius 3 is 2.53 bits per heavy atom. The molecule has 1 aliphatic heterocycles. The summed E-state index contributed by atoms with van der Waals surface area (Å²) in [6, 6.07) is 22.7. The van der Waals surface area contributed by atoms with Crippen LogP contribution < -0.4 is 19.7 Å². The monoisotopic (exact) mass is 518 g/mol. The van der Waals surface area contributed by atoms with Gasteiger partial charge in [0.1, 0.15) is 0 Å². The number of thioether (sulfide) groups is 1. The molecule has 0 aliphatic carbocycles.